The monoisotopic (exact) mass is 990 g/mol. The number of hydrogen-bond donors (Lipinski definition) is 0. The first kappa shape index (κ1) is 41.9. The minimum Gasteiger partial charge on any atom is -1.00 e. The molecule has 0 aliphatic rings. The number of rotatable bonds is 5. The van der Waals surface area contributed by atoms with Gasteiger partial charge in [0.2, 0.25) is 6.33 Å². The molecule has 0 saturated heterocycles. The van der Waals surface area contributed by atoms with Crippen molar-refractivity contribution in [3.05, 3.63) is 183 Å². The van der Waals surface area contributed by atoms with Crippen LogP contribution < -0.4 is 28.5 Å². The second-order valence-electron chi connectivity index (χ2n) is 13.2. The van der Waals surface area contributed by atoms with E-state index in [1.54, 1.807) is 13.1 Å². The van der Waals surface area contributed by atoms with Gasteiger partial charge in [-0.25, -0.2) is 14.1 Å². The molecule has 0 fully saturated rings. The van der Waals surface area contributed by atoms with Crippen LogP contribution in [0, 0.1) is 0 Å². The van der Waals surface area contributed by atoms with Gasteiger partial charge in [-0.2, -0.15) is 0 Å². The van der Waals surface area contributed by atoms with Gasteiger partial charge in [-0.3, -0.25) is 4.79 Å². The molecular formula is C48H44I2N6O2. The maximum atomic E-state index is 9.82. The Morgan fingerprint density at radius 2 is 1.07 bits per heavy atom. The Morgan fingerprint density at radius 3 is 1.48 bits per heavy atom. The number of para-hydroxylation sites is 4. The lowest BCUT2D eigenvalue weighted by Crippen LogP contribution is -3.00. The first-order valence-electron chi connectivity index (χ1n) is 18.7. The number of alkyl halides is 1. The van der Waals surface area contributed by atoms with Crippen molar-refractivity contribution in [3.63, 3.8) is 0 Å². The van der Waals surface area contributed by atoms with Gasteiger partial charge in [0, 0.05) is 64.0 Å². The zero-order valence-corrected chi connectivity index (χ0v) is 37.1. The van der Waals surface area contributed by atoms with Crippen LogP contribution >= 0.6 is 22.6 Å². The molecule has 4 heterocycles. The minimum absolute atomic E-state index is 0. The van der Waals surface area contributed by atoms with Gasteiger partial charge in [-0.15, -0.1) is 0 Å². The third kappa shape index (κ3) is 8.87. The van der Waals surface area contributed by atoms with Crippen LogP contribution in [0.1, 0.15) is 13.8 Å². The van der Waals surface area contributed by atoms with E-state index in [-0.39, 0.29) is 29.9 Å². The maximum Gasteiger partial charge on any atom is 0.302 e. The van der Waals surface area contributed by atoms with Crippen molar-refractivity contribution >= 4 is 72.2 Å². The van der Waals surface area contributed by atoms with E-state index in [9.17, 15) is 4.79 Å². The fraction of sp³-hybridized carbons (Fsp3) is 0.104. The number of halogens is 2. The summed E-state index contributed by atoms with van der Waals surface area (Å²) in [4.78, 5) is 15.9. The molecule has 10 aromatic rings. The Balaban J connectivity index is 0.000000163. The molecule has 0 unspecified atom stereocenters. The topological polar surface area (TPSA) is 62.8 Å². The summed E-state index contributed by atoms with van der Waals surface area (Å²) in [5, 5.41) is 5.09. The average Bonchev–Trinajstić information content (AvgIpc) is 4.07. The zero-order valence-electron chi connectivity index (χ0n) is 32.8. The molecule has 0 saturated carbocycles. The summed E-state index contributed by atoms with van der Waals surface area (Å²) in [6.07, 6.45) is 11.8. The van der Waals surface area contributed by atoms with E-state index in [1.165, 1.54) is 61.9 Å². The van der Waals surface area contributed by atoms with E-state index in [2.05, 4.69) is 209 Å². The molecule has 0 aliphatic heterocycles. The summed E-state index contributed by atoms with van der Waals surface area (Å²) in [6, 6.07) is 51.5. The molecular weight excluding hydrogens is 946 g/mol. The van der Waals surface area contributed by atoms with E-state index < -0.39 is 0 Å². The number of carbonyl (C=O) groups excluding carboxylic acids is 1. The van der Waals surface area contributed by atoms with Crippen molar-refractivity contribution in [3.8, 4) is 22.7 Å². The number of hydrogen-bond acceptors (Lipinski definition) is 3. The summed E-state index contributed by atoms with van der Waals surface area (Å²) in [7, 11) is 2.04. The summed E-state index contributed by atoms with van der Waals surface area (Å²) in [5.74, 6) is -0.211. The number of benzene rings is 6. The van der Waals surface area contributed by atoms with Crippen molar-refractivity contribution in [2.75, 3.05) is 11.5 Å². The van der Waals surface area contributed by atoms with Crippen LogP contribution in [0.25, 0.3) is 66.4 Å². The summed E-state index contributed by atoms with van der Waals surface area (Å²) in [6.45, 7) is 3.65. The van der Waals surface area contributed by atoms with Crippen LogP contribution in [0.15, 0.2) is 183 Å². The van der Waals surface area contributed by atoms with Crippen molar-refractivity contribution in [1.29, 1.82) is 0 Å². The van der Waals surface area contributed by atoms with Crippen LogP contribution in [0.3, 0.4) is 0 Å². The largest absolute Gasteiger partial charge is 1.00 e. The van der Waals surface area contributed by atoms with Crippen LogP contribution in [0.5, 0.6) is 0 Å². The smallest absolute Gasteiger partial charge is 0.302 e. The summed E-state index contributed by atoms with van der Waals surface area (Å²) in [5.41, 5.74) is 9.51. The maximum absolute atomic E-state index is 9.82. The fourth-order valence-corrected chi connectivity index (χ4v) is 7.17. The molecule has 10 rings (SSSR count). The third-order valence-electron chi connectivity index (χ3n) is 9.56. The molecule has 0 N–H and O–H groups in total. The number of esters is 1. The van der Waals surface area contributed by atoms with Crippen molar-refractivity contribution < 1.29 is 38.1 Å². The summed E-state index contributed by atoms with van der Waals surface area (Å²) < 4.78 is 15.3. The molecule has 0 amide bonds. The lowest BCUT2D eigenvalue weighted by molar-refractivity contribution is -0.670. The van der Waals surface area contributed by atoms with E-state index in [0.717, 1.165) is 11.4 Å². The van der Waals surface area contributed by atoms with Crippen LogP contribution in [0.4, 0.5) is 0 Å². The minimum atomic E-state index is -0.211. The Kier molecular flexibility index (Phi) is 14.2. The normalized spacial score (nSPS) is 10.5. The molecule has 0 spiro atoms. The standard InChI is InChI=1S/C22H18N3.C21H15N3.C4H8O2.CH3I.HI/c1-23-13-14-24(16-23)18-11-12-20-19-9-5-6-10-21(19)25(22(20)15-18)17-7-3-2-4-8-17;1-2-6-16(7-3-1)24-20-9-5-4-8-18(20)19-11-10-17(14-21(19)24)23-13-12-22-15-23;1-3-6-4(2)5;1-2;/h2-16H,1H3;1-15H;3H2,1-2H3;1H3;1H/q+1;;;;/p-1. The molecule has 10 heteroatoms. The van der Waals surface area contributed by atoms with Crippen LogP contribution in [0.2, 0.25) is 0 Å². The summed E-state index contributed by atoms with van der Waals surface area (Å²) >= 11 is 2.15. The molecule has 292 valence electrons. The fourth-order valence-electron chi connectivity index (χ4n) is 7.17. The average molecular weight is 991 g/mol. The zero-order chi connectivity index (χ0) is 39.7. The van der Waals surface area contributed by atoms with Gasteiger partial charge in [0.25, 0.3) is 0 Å². The number of ether oxygens (including phenoxy) is 1. The van der Waals surface area contributed by atoms with E-state index in [4.69, 9.17) is 0 Å². The lowest BCUT2D eigenvalue weighted by Gasteiger charge is -2.08. The molecule has 4 aromatic heterocycles. The Hall–Kier alpha value is -5.73. The highest BCUT2D eigenvalue weighted by molar-refractivity contribution is 14.1. The van der Waals surface area contributed by atoms with Gasteiger partial charge in [0.05, 0.1) is 42.0 Å². The predicted octanol–water partition coefficient (Wildman–Crippen LogP) is 7.99. The van der Waals surface area contributed by atoms with Gasteiger partial charge in [-0.1, -0.05) is 101 Å². The molecule has 0 bridgehead atoms. The Bertz CT molecular complexity index is 2880. The molecule has 0 radical (unpaired) electrons. The van der Waals surface area contributed by atoms with Gasteiger partial charge in [-0.05, 0) is 72.5 Å². The lowest BCUT2D eigenvalue weighted by atomic mass is 10.1. The molecule has 6 aromatic carbocycles. The van der Waals surface area contributed by atoms with Crippen LogP contribution in [-0.2, 0) is 16.6 Å². The Labute approximate surface area is 369 Å². The highest BCUT2D eigenvalue weighted by atomic mass is 127. The number of aromatic nitrogens is 6. The highest BCUT2D eigenvalue weighted by Gasteiger charge is 2.15. The SMILES string of the molecule is CCOC(C)=O.CI.C[n+]1ccn(-c2ccc3c4ccccc4n(-c4ccccc4)c3c2)c1.[I-].c1ccc(-n2c3ccccc3c3ccc(-n4ccnc4)cc32)cc1. The van der Waals surface area contributed by atoms with Crippen molar-refractivity contribution in [2.45, 2.75) is 13.8 Å². The highest BCUT2D eigenvalue weighted by Crippen LogP contribution is 2.34. The van der Waals surface area contributed by atoms with E-state index in [1.807, 2.05) is 35.1 Å². The number of carbonyl (C=O) groups is 1. The first-order valence-corrected chi connectivity index (χ1v) is 20.9. The van der Waals surface area contributed by atoms with Crippen LogP contribution in [-0.4, -0.2) is 40.8 Å². The number of fused-ring (bicyclic) bond motifs is 6. The van der Waals surface area contributed by atoms with Crippen molar-refractivity contribution in [1.82, 2.24) is 23.3 Å². The number of aryl methyl sites for hydroxylation is 1. The van der Waals surface area contributed by atoms with Gasteiger partial charge >= 0.3 is 5.97 Å². The second kappa shape index (κ2) is 19.6. The molecule has 58 heavy (non-hydrogen) atoms. The quantitative estimate of drug-likeness (QED) is 0.0761. The number of nitrogens with zero attached hydrogens (tertiary/aromatic N) is 6. The molecule has 0 atom stereocenters. The van der Waals surface area contributed by atoms with Gasteiger partial charge in [0.15, 0.2) is 0 Å². The molecule has 0 aliphatic carbocycles. The number of imidazole rings is 2. The van der Waals surface area contributed by atoms with Gasteiger partial charge in [0.1, 0.15) is 18.1 Å². The van der Waals surface area contributed by atoms with Gasteiger partial charge < -0.3 is 42.4 Å². The van der Waals surface area contributed by atoms with E-state index in [0.29, 0.717) is 6.61 Å². The molecule has 8 nitrogen and oxygen atoms in total. The Morgan fingerprint density at radius 1 is 0.603 bits per heavy atom. The predicted molar refractivity (Wildman–Crippen MR) is 241 cm³/mol. The van der Waals surface area contributed by atoms with E-state index >= 15 is 0 Å². The third-order valence-corrected chi connectivity index (χ3v) is 9.56. The van der Waals surface area contributed by atoms with Crippen molar-refractivity contribution in [2.24, 2.45) is 7.05 Å². The first-order chi connectivity index (χ1) is 28.0. The second-order valence-corrected chi connectivity index (χ2v) is 13.2.